The second kappa shape index (κ2) is 7.98. The lowest BCUT2D eigenvalue weighted by Crippen LogP contribution is -2.26. The number of nitriles is 1. The highest BCUT2D eigenvalue weighted by Gasteiger charge is 2.10. The van der Waals surface area contributed by atoms with Crippen molar-refractivity contribution in [2.24, 2.45) is 5.92 Å². The lowest BCUT2D eigenvalue weighted by molar-refractivity contribution is -0.118. The monoisotopic (exact) mass is 259 g/mol. The minimum atomic E-state index is -0.163. The molecule has 0 radical (unpaired) electrons. The van der Waals surface area contributed by atoms with Crippen LogP contribution in [0.5, 0.6) is 0 Å². The maximum atomic E-state index is 11.7. The fourth-order valence-corrected chi connectivity index (χ4v) is 1.68. The third-order valence-electron chi connectivity index (χ3n) is 2.70. The van der Waals surface area contributed by atoms with Crippen LogP contribution in [0.15, 0.2) is 24.5 Å². The Morgan fingerprint density at radius 1 is 1.53 bits per heavy atom. The minimum absolute atomic E-state index is 0.0353. The number of hydrogen-bond acceptors (Lipinski definition) is 4. The van der Waals surface area contributed by atoms with E-state index < -0.39 is 0 Å². The Labute approximate surface area is 112 Å². The van der Waals surface area contributed by atoms with Gasteiger partial charge in [0.1, 0.15) is 5.78 Å². The third kappa shape index (κ3) is 5.77. The van der Waals surface area contributed by atoms with E-state index >= 15 is 0 Å². The molecule has 1 aromatic heterocycles. The molecule has 100 valence electrons. The van der Waals surface area contributed by atoms with E-state index in [1.807, 2.05) is 13.0 Å². The number of rotatable bonds is 7. The summed E-state index contributed by atoms with van der Waals surface area (Å²) in [5, 5.41) is 11.2. The molecule has 0 saturated heterocycles. The summed E-state index contributed by atoms with van der Waals surface area (Å²) in [7, 11) is 0. The molecule has 19 heavy (non-hydrogen) atoms. The molecule has 5 nitrogen and oxygen atoms in total. The first-order valence-corrected chi connectivity index (χ1v) is 6.20. The fraction of sp³-hybridized carbons (Fsp3) is 0.429. The molecule has 5 heteroatoms. The van der Waals surface area contributed by atoms with Gasteiger partial charge in [0.15, 0.2) is 0 Å². The summed E-state index contributed by atoms with van der Waals surface area (Å²) in [6, 6.07) is 5.25. The van der Waals surface area contributed by atoms with E-state index in [2.05, 4.69) is 10.3 Å². The molecule has 0 fully saturated rings. The van der Waals surface area contributed by atoms with Crippen molar-refractivity contribution in [1.82, 2.24) is 10.3 Å². The first kappa shape index (κ1) is 14.8. The maximum absolute atomic E-state index is 11.7. The van der Waals surface area contributed by atoms with Gasteiger partial charge in [-0.3, -0.25) is 14.6 Å². The van der Waals surface area contributed by atoms with Gasteiger partial charge < -0.3 is 5.32 Å². The Morgan fingerprint density at radius 3 is 2.95 bits per heavy atom. The Bertz CT molecular complexity index is 465. The highest BCUT2D eigenvalue weighted by molar-refractivity contribution is 5.93. The zero-order valence-electron chi connectivity index (χ0n) is 10.9. The molecule has 0 aromatic carbocycles. The minimum Gasteiger partial charge on any atom is -0.352 e. The van der Waals surface area contributed by atoms with Crippen molar-refractivity contribution in [2.45, 2.75) is 26.2 Å². The van der Waals surface area contributed by atoms with Crippen LogP contribution >= 0.6 is 0 Å². The summed E-state index contributed by atoms with van der Waals surface area (Å²) in [6.07, 6.45) is 4.18. The molecule has 0 bridgehead atoms. The smallest absolute Gasteiger partial charge is 0.252 e. The summed E-state index contributed by atoms with van der Waals surface area (Å²) in [5.41, 5.74) is 0.524. The summed E-state index contributed by atoms with van der Waals surface area (Å²) in [4.78, 5) is 26.8. The average Bonchev–Trinajstić information content (AvgIpc) is 2.39. The molecule has 1 rings (SSSR count). The van der Waals surface area contributed by atoms with Gasteiger partial charge >= 0.3 is 0 Å². The van der Waals surface area contributed by atoms with Crippen molar-refractivity contribution in [3.05, 3.63) is 30.1 Å². The molecule has 1 unspecified atom stereocenters. The number of aromatic nitrogens is 1. The average molecular weight is 259 g/mol. The first-order chi connectivity index (χ1) is 9.13. The molecule has 1 N–H and O–H groups in total. The van der Waals surface area contributed by atoms with Gasteiger partial charge in [-0.2, -0.15) is 5.26 Å². The van der Waals surface area contributed by atoms with E-state index in [1.165, 1.54) is 6.20 Å². The molecule has 0 aliphatic carbocycles. The summed E-state index contributed by atoms with van der Waals surface area (Å²) < 4.78 is 0. The summed E-state index contributed by atoms with van der Waals surface area (Å²) in [5.74, 6) is -0.0488. The van der Waals surface area contributed by atoms with Crippen molar-refractivity contribution < 1.29 is 9.59 Å². The molecule has 0 spiro atoms. The molecular formula is C14H17N3O2. The Morgan fingerprint density at radius 2 is 2.32 bits per heavy atom. The van der Waals surface area contributed by atoms with Crippen LogP contribution in [0.1, 0.15) is 36.5 Å². The lowest BCUT2D eigenvalue weighted by Gasteiger charge is -2.10. The van der Waals surface area contributed by atoms with Gasteiger partial charge in [0.05, 0.1) is 18.1 Å². The number of nitrogens with one attached hydrogen (secondary N) is 1. The van der Waals surface area contributed by atoms with E-state index in [9.17, 15) is 9.59 Å². The van der Waals surface area contributed by atoms with E-state index in [0.29, 0.717) is 24.9 Å². The molecule has 0 aliphatic rings. The van der Waals surface area contributed by atoms with Gasteiger partial charge in [-0.1, -0.05) is 6.92 Å². The number of hydrogen-bond donors (Lipinski definition) is 1. The number of carbonyl (C=O) groups excluding carboxylic acids is 2. The van der Waals surface area contributed by atoms with Crippen molar-refractivity contribution >= 4 is 11.7 Å². The molecule has 1 amide bonds. The first-order valence-electron chi connectivity index (χ1n) is 6.20. The molecule has 1 aromatic rings. The van der Waals surface area contributed by atoms with Gasteiger partial charge in [-0.05, 0) is 24.5 Å². The Hall–Kier alpha value is -2.22. The number of nitrogens with zero attached hydrogens (tertiary/aromatic N) is 2. The highest BCUT2D eigenvalue weighted by atomic mass is 16.1. The number of pyridine rings is 1. The summed E-state index contributed by atoms with van der Waals surface area (Å²) in [6.45, 7) is 2.44. The van der Waals surface area contributed by atoms with Crippen LogP contribution in [0, 0.1) is 17.2 Å². The van der Waals surface area contributed by atoms with E-state index in [1.54, 1.807) is 18.3 Å². The van der Waals surface area contributed by atoms with E-state index in [4.69, 9.17) is 5.26 Å². The van der Waals surface area contributed by atoms with Crippen LogP contribution in [0.25, 0.3) is 0 Å². The molecule has 1 atom stereocenters. The van der Waals surface area contributed by atoms with Crippen LogP contribution < -0.4 is 5.32 Å². The predicted molar refractivity (Wildman–Crippen MR) is 70.2 cm³/mol. The largest absolute Gasteiger partial charge is 0.352 e. The predicted octanol–water partition coefficient (Wildman–Crippen LogP) is 1.71. The fourth-order valence-electron chi connectivity index (χ4n) is 1.68. The number of amides is 1. The maximum Gasteiger partial charge on any atom is 0.252 e. The van der Waals surface area contributed by atoms with Crippen molar-refractivity contribution in [3.8, 4) is 6.07 Å². The van der Waals surface area contributed by atoms with Crippen molar-refractivity contribution in [1.29, 1.82) is 5.26 Å². The molecule has 1 heterocycles. The third-order valence-corrected chi connectivity index (χ3v) is 2.70. The van der Waals surface area contributed by atoms with Crippen molar-refractivity contribution in [2.75, 3.05) is 6.54 Å². The standard InChI is InChI=1S/C14H17N3O2/c1-11(9-13(18)4-6-15)5-8-17-14(19)12-3-2-7-16-10-12/h2-3,7,10-11H,4-5,8-9H2,1H3,(H,17,19). The molecular weight excluding hydrogens is 242 g/mol. The second-order valence-electron chi connectivity index (χ2n) is 4.47. The zero-order valence-corrected chi connectivity index (χ0v) is 10.9. The number of carbonyl (C=O) groups is 2. The van der Waals surface area contributed by atoms with Gasteiger partial charge in [0.2, 0.25) is 0 Å². The molecule has 0 saturated carbocycles. The second-order valence-corrected chi connectivity index (χ2v) is 4.47. The summed E-state index contributed by atoms with van der Waals surface area (Å²) >= 11 is 0. The number of ketones is 1. The van der Waals surface area contributed by atoms with Crippen LogP contribution in [-0.4, -0.2) is 23.2 Å². The quantitative estimate of drug-likeness (QED) is 0.808. The van der Waals surface area contributed by atoms with Crippen LogP contribution in [0.4, 0.5) is 0 Å². The van der Waals surface area contributed by atoms with E-state index in [-0.39, 0.29) is 24.0 Å². The van der Waals surface area contributed by atoms with Gasteiger partial charge in [0.25, 0.3) is 5.91 Å². The van der Waals surface area contributed by atoms with E-state index in [0.717, 1.165) is 0 Å². The topological polar surface area (TPSA) is 82.8 Å². The Kier molecular flexibility index (Phi) is 6.23. The highest BCUT2D eigenvalue weighted by Crippen LogP contribution is 2.08. The lowest BCUT2D eigenvalue weighted by atomic mass is 10.00. The molecule has 0 aliphatic heterocycles. The number of Topliss-reactive ketones (excluding diaryl/α,β-unsaturated/α-hetero) is 1. The zero-order chi connectivity index (χ0) is 14.1. The SMILES string of the molecule is CC(CCNC(=O)c1cccnc1)CC(=O)CC#N. The van der Waals surface area contributed by atoms with Crippen LogP contribution in [0.3, 0.4) is 0 Å². The van der Waals surface area contributed by atoms with Gasteiger partial charge in [-0.15, -0.1) is 0 Å². The van der Waals surface area contributed by atoms with Crippen molar-refractivity contribution in [3.63, 3.8) is 0 Å². The van der Waals surface area contributed by atoms with Gasteiger partial charge in [-0.25, -0.2) is 0 Å². The van der Waals surface area contributed by atoms with Crippen LogP contribution in [0.2, 0.25) is 0 Å². The normalized spacial score (nSPS) is 11.4. The Balaban J connectivity index is 2.25. The van der Waals surface area contributed by atoms with Gasteiger partial charge in [0, 0.05) is 25.4 Å². The van der Waals surface area contributed by atoms with Crippen LogP contribution in [-0.2, 0) is 4.79 Å².